The molecule has 0 fully saturated rings. The summed E-state index contributed by atoms with van der Waals surface area (Å²) < 4.78 is 41.5. The zero-order chi connectivity index (χ0) is 14.8. The second-order valence-electron chi connectivity index (χ2n) is 4.00. The lowest BCUT2D eigenvalue weighted by molar-refractivity contribution is 0.572. The summed E-state index contributed by atoms with van der Waals surface area (Å²) in [5, 5.41) is 12.8. The van der Waals surface area contributed by atoms with E-state index in [1.807, 2.05) is 0 Å². The molecule has 8 heteroatoms. The number of halogens is 1. The monoisotopic (exact) mass is 294 g/mol. The van der Waals surface area contributed by atoms with E-state index in [9.17, 15) is 12.8 Å². The van der Waals surface area contributed by atoms with Crippen molar-refractivity contribution in [2.75, 3.05) is 0 Å². The number of aryl methyl sites for hydroxylation is 1. The van der Waals surface area contributed by atoms with E-state index in [4.69, 9.17) is 5.26 Å². The van der Waals surface area contributed by atoms with E-state index in [1.54, 1.807) is 19.2 Å². The maximum atomic E-state index is 13.4. The molecule has 0 aliphatic carbocycles. The van der Waals surface area contributed by atoms with Gasteiger partial charge in [-0.15, -0.1) is 0 Å². The van der Waals surface area contributed by atoms with Crippen molar-refractivity contribution in [3.05, 3.63) is 47.5 Å². The van der Waals surface area contributed by atoms with Crippen molar-refractivity contribution in [3.63, 3.8) is 0 Å². The number of benzene rings is 1. The van der Waals surface area contributed by atoms with E-state index >= 15 is 0 Å². The number of nitrogens with zero attached hydrogens (tertiary/aromatic N) is 3. The van der Waals surface area contributed by atoms with E-state index in [2.05, 4.69) is 9.82 Å². The van der Waals surface area contributed by atoms with Gasteiger partial charge in [0.05, 0.1) is 12.2 Å². The molecule has 1 heterocycles. The number of aromatic nitrogens is 2. The number of rotatable bonds is 4. The highest BCUT2D eigenvalue weighted by molar-refractivity contribution is 7.89. The average molecular weight is 294 g/mol. The SMILES string of the molecule is Cn1nccc1CNS(=O)(=O)c1cccc(F)c1C#N. The summed E-state index contributed by atoms with van der Waals surface area (Å²) in [6.07, 6.45) is 1.53. The van der Waals surface area contributed by atoms with Gasteiger partial charge in [-0.3, -0.25) is 4.68 Å². The Hall–Kier alpha value is -2.24. The van der Waals surface area contributed by atoms with E-state index in [0.29, 0.717) is 5.69 Å². The van der Waals surface area contributed by atoms with E-state index in [0.717, 1.165) is 6.07 Å². The highest BCUT2D eigenvalue weighted by Gasteiger charge is 2.21. The van der Waals surface area contributed by atoms with Crippen molar-refractivity contribution < 1.29 is 12.8 Å². The molecule has 1 N–H and O–H groups in total. The van der Waals surface area contributed by atoms with E-state index in [1.165, 1.54) is 23.0 Å². The Bertz CT molecular complexity index is 777. The van der Waals surface area contributed by atoms with Gasteiger partial charge in [0.2, 0.25) is 10.0 Å². The lowest BCUT2D eigenvalue weighted by Crippen LogP contribution is -2.25. The van der Waals surface area contributed by atoms with Crippen LogP contribution in [0.3, 0.4) is 0 Å². The molecule has 0 saturated heterocycles. The molecule has 0 bridgehead atoms. The second kappa shape index (κ2) is 5.40. The predicted molar refractivity (Wildman–Crippen MR) is 68.3 cm³/mol. The van der Waals surface area contributed by atoms with Crippen LogP contribution in [0.2, 0.25) is 0 Å². The zero-order valence-corrected chi connectivity index (χ0v) is 11.4. The molecule has 0 aliphatic heterocycles. The van der Waals surface area contributed by atoms with Gasteiger partial charge in [-0.25, -0.2) is 17.5 Å². The van der Waals surface area contributed by atoms with Crippen LogP contribution in [-0.2, 0) is 23.6 Å². The third kappa shape index (κ3) is 2.68. The molecular weight excluding hydrogens is 283 g/mol. The second-order valence-corrected chi connectivity index (χ2v) is 5.73. The Kier molecular flexibility index (Phi) is 3.83. The normalized spacial score (nSPS) is 11.2. The lowest BCUT2D eigenvalue weighted by atomic mass is 10.2. The smallest absolute Gasteiger partial charge is 0.242 e. The third-order valence-corrected chi connectivity index (χ3v) is 4.19. The van der Waals surface area contributed by atoms with Gasteiger partial charge in [-0.2, -0.15) is 10.4 Å². The van der Waals surface area contributed by atoms with Gasteiger partial charge in [-0.05, 0) is 18.2 Å². The lowest BCUT2D eigenvalue weighted by Gasteiger charge is -2.08. The molecule has 0 aliphatic rings. The molecule has 0 radical (unpaired) electrons. The quantitative estimate of drug-likeness (QED) is 0.908. The molecule has 6 nitrogen and oxygen atoms in total. The van der Waals surface area contributed by atoms with Gasteiger partial charge in [0.15, 0.2) is 0 Å². The van der Waals surface area contributed by atoms with Crippen LogP contribution < -0.4 is 4.72 Å². The van der Waals surface area contributed by atoms with Crippen LogP contribution >= 0.6 is 0 Å². The molecule has 104 valence electrons. The maximum absolute atomic E-state index is 13.4. The Labute approximate surface area is 115 Å². The van der Waals surface area contributed by atoms with Crippen molar-refractivity contribution in [1.29, 1.82) is 5.26 Å². The molecule has 2 aromatic rings. The fourth-order valence-corrected chi connectivity index (χ4v) is 2.82. The average Bonchev–Trinajstić information content (AvgIpc) is 2.82. The van der Waals surface area contributed by atoms with Gasteiger partial charge in [0.25, 0.3) is 0 Å². The summed E-state index contributed by atoms with van der Waals surface area (Å²) in [5.74, 6) is -0.865. The molecule has 0 atom stereocenters. The number of hydrogen-bond acceptors (Lipinski definition) is 4. The molecule has 1 aromatic heterocycles. The van der Waals surface area contributed by atoms with Gasteiger partial charge < -0.3 is 0 Å². The van der Waals surface area contributed by atoms with Crippen LogP contribution in [0.15, 0.2) is 35.4 Å². The highest BCUT2D eigenvalue weighted by atomic mass is 32.2. The van der Waals surface area contributed by atoms with Crippen molar-refractivity contribution in [1.82, 2.24) is 14.5 Å². The Morgan fingerprint density at radius 3 is 2.80 bits per heavy atom. The van der Waals surface area contributed by atoms with Crippen LogP contribution in [0, 0.1) is 17.1 Å². The number of nitriles is 1. The molecule has 0 unspecified atom stereocenters. The molecular formula is C12H11FN4O2S. The number of nitrogens with one attached hydrogen (secondary N) is 1. The van der Waals surface area contributed by atoms with Crippen LogP contribution in [-0.4, -0.2) is 18.2 Å². The van der Waals surface area contributed by atoms with Crippen molar-refractivity contribution in [2.24, 2.45) is 7.05 Å². The first-order valence-electron chi connectivity index (χ1n) is 5.61. The minimum absolute atomic E-state index is 0.000214. The number of sulfonamides is 1. The van der Waals surface area contributed by atoms with Gasteiger partial charge in [0.1, 0.15) is 22.3 Å². The zero-order valence-electron chi connectivity index (χ0n) is 10.5. The number of hydrogen-bond donors (Lipinski definition) is 1. The minimum atomic E-state index is -3.97. The van der Waals surface area contributed by atoms with Crippen molar-refractivity contribution >= 4 is 10.0 Å². The summed E-state index contributed by atoms with van der Waals surface area (Å²) in [5.41, 5.74) is 0.147. The largest absolute Gasteiger partial charge is 0.271 e. The molecule has 0 saturated carbocycles. The Balaban J connectivity index is 2.30. The first-order chi connectivity index (χ1) is 9.45. The molecule has 2 rings (SSSR count). The van der Waals surface area contributed by atoms with E-state index in [-0.39, 0.29) is 11.4 Å². The van der Waals surface area contributed by atoms with Gasteiger partial charge in [0, 0.05) is 13.2 Å². The minimum Gasteiger partial charge on any atom is -0.271 e. The van der Waals surface area contributed by atoms with E-state index < -0.39 is 21.4 Å². The summed E-state index contributed by atoms with van der Waals surface area (Å²) in [6, 6.07) is 6.69. The summed E-state index contributed by atoms with van der Waals surface area (Å²) >= 11 is 0. The van der Waals surface area contributed by atoms with Crippen LogP contribution in [0.5, 0.6) is 0 Å². The fraction of sp³-hybridized carbons (Fsp3) is 0.167. The summed E-state index contributed by atoms with van der Waals surface area (Å²) in [4.78, 5) is -0.373. The van der Waals surface area contributed by atoms with Gasteiger partial charge in [-0.1, -0.05) is 6.07 Å². The fourth-order valence-electron chi connectivity index (χ4n) is 1.66. The molecule has 0 spiro atoms. The third-order valence-electron chi connectivity index (χ3n) is 2.74. The molecule has 20 heavy (non-hydrogen) atoms. The van der Waals surface area contributed by atoms with Crippen LogP contribution in [0.25, 0.3) is 0 Å². The maximum Gasteiger partial charge on any atom is 0.242 e. The van der Waals surface area contributed by atoms with Crippen molar-refractivity contribution in [2.45, 2.75) is 11.4 Å². The topological polar surface area (TPSA) is 87.8 Å². The van der Waals surface area contributed by atoms with Crippen LogP contribution in [0.4, 0.5) is 4.39 Å². The Morgan fingerprint density at radius 2 is 2.20 bits per heavy atom. The molecule has 1 aromatic carbocycles. The highest BCUT2D eigenvalue weighted by Crippen LogP contribution is 2.18. The standard InChI is InChI=1S/C12H11FN4O2S/c1-17-9(5-6-15-17)8-16-20(18,19)12-4-2-3-11(13)10(12)7-14/h2-6,16H,8H2,1H3. The van der Waals surface area contributed by atoms with Crippen molar-refractivity contribution in [3.8, 4) is 6.07 Å². The van der Waals surface area contributed by atoms with Crippen LogP contribution in [0.1, 0.15) is 11.3 Å². The first-order valence-corrected chi connectivity index (χ1v) is 7.09. The summed E-state index contributed by atoms with van der Waals surface area (Å²) in [7, 11) is -2.30. The van der Waals surface area contributed by atoms with Gasteiger partial charge >= 0.3 is 0 Å². The summed E-state index contributed by atoms with van der Waals surface area (Å²) in [6.45, 7) is 0.000214. The Morgan fingerprint density at radius 1 is 1.45 bits per heavy atom. The predicted octanol–water partition coefficient (Wildman–Crippen LogP) is 0.909. The molecule has 0 amide bonds. The first kappa shape index (κ1) is 14.2.